The van der Waals surface area contributed by atoms with Crippen molar-refractivity contribution in [2.75, 3.05) is 11.9 Å². The molecular formula is C20H16ClN5O4. The van der Waals surface area contributed by atoms with E-state index in [1.54, 1.807) is 41.0 Å². The predicted octanol–water partition coefficient (Wildman–Crippen LogP) is 3.43. The molecule has 1 aliphatic rings. The third kappa shape index (κ3) is 3.87. The molecule has 9 nitrogen and oxygen atoms in total. The van der Waals surface area contributed by atoms with Crippen LogP contribution < -0.4 is 10.6 Å². The molecule has 0 saturated heterocycles. The highest BCUT2D eigenvalue weighted by atomic mass is 35.5. The second kappa shape index (κ2) is 7.96. The largest absolute Gasteiger partial charge is 0.349 e. The quantitative estimate of drug-likeness (QED) is 0.479. The van der Waals surface area contributed by atoms with Gasteiger partial charge in [0.2, 0.25) is 5.91 Å². The van der Waals surface area contributed by atoms with Crippen LogP contribution in [0, 0.1) is 10.1 Å². The number of imidazole rings is 1. The summed E-state index contributed by atoms with van der Waals surface area (Å²) >= 11 is 5.95. The Morgan fingerprint density at radius 3 is 2.77 bits per heavy atom. The summed E-state index contributed by atoms with van der Waals surface area (Å²) < 4.78 is 1.71. The van der Waals surface area contributed by atoms with Crippen LogP contribution >= 0.6 is 11.6 Å². The van der Waals surface area contributed by atoms with E-state index in [9.17, 15) is 19.7 Å². The predicted molar refractivity (Wildman–Crippen MR) is 110 cm³/mol. The first-order valence-corrected chi connectivity index (χ1v) is 9.46. The van der Waals surface area contributed by atoms with Crippen molar-refractivity contribution in [2.45, 2.75) is 12.5 Å². The van der Waals surface area contributed by atoms with E-state index < -0.39 is 4.92 Å². The summed E-state index contributed by atoms with van der Waals surface area (Å²) in [5.74, 6) is -0.0646. The minimum atomic E-state index is -0.485. The average Bonchev–Trinajstić information content (AvgIpc) is 3.16. The van der Waals surface area contributed by atoms with E-state index in [-0.39, 0.29) is 36.5 Å². The zero-order chi connectivity index (χ0) is 21.3. The third-order valence-corrected chi connectivity index (χ3v) is 4.99. The number of amides is 2. The highest BCUT2D eigenvalue weighted by molar-refractivity contribution is 6.30. The van der Waals surface area contributed by atoms with Gasteiger partial charge >= 0.3 is 0 Å². The van der Waals surface area contributed by atoms with Crippen LogP contribution in [0.4, 0.5) is 11.4 Å². The molecule has 30 heavy (non-hydrogen) atoms. The SMILES string of the molecule is O=C(CC1CNC(=O)c2cnc(-c3ccc([N+](=O)[O-])cc3)n21)Nc1cccc(Cl)c1. The number of anilines is 1. The van der Waals surface area contributed by atoms with Crippen molar-refractivity contribution < 1.29 is 14.5 Å². The fourth-order valence-electron chi connectivity index (χ4n) is 3.39. The van der Waals surface area contributed by atoms with Crippen molar-refractivity contribution in [3.63, 3.8) is 0 Å². The second-order valence-electron chi connectivity index (χ2n) is 6.77. The molecule has 2 heterocycles. The number of nitrogens with one attached hydrogen (secondary N) is 2. The lowest BCUT2D eigenvalue weighted by atomic mass is 10.1. The zero-order valence-corrected chi connectivity index (χ0v) is 16.3. The topological polar surface area (TPSA) is 119 Å². The second-order valence-corrected chi connectivity index (χ2v) is 7.20. The number of carbonyl (C=O) groups excluding carboxylic acids is 2. The number of hydrogen-bond donors (Lipinski definition) is 2. The number of benzene rings is 2. The highest BCUT2D eigenvalue weighted by Gasteiger charge is 2.30. The third-order valence-electron chi connectivity index (χ3n) is 4.76. The van der Waals surface area contributed by atoms with Crippen LogP contribution in [0.2, 0.25) is 5.02 Å². The van der Waals surface area contributed by atoms with Gasteiger partial charge in [-0.05, 0) is 30.3 Å². The van der Waals surface area contributed by atoms with Crippen molar-refractivity contribution >= 4 is 34.8 Å². The van der Waals surface area contributed by atoms with Crippen LogP contribution in [0.1, 0.15) is 23.0 Å². The number of rotatable bonds is 5. The van der Waals surface area contributed by atoms with E-state index in [0.717, 1.165) is 0 Å². The smallest absolute Gasteiger partial charge is 0.269 e. The molecule has 0 bridgehead atoms. The van der Waals surface area contributed by atoms with Gasteiger partial charge in [0.05, 0.1) is 17.2 Å². The van der Waals surface area contributed by atoms with Gasteiger partial charge in [0.1, 0.15) is 11.5 Å². The van der Waals surface area contributed by atoms with E-state index in [4.69, 9.17) is 11.6 Å². The first kappa shape index (κ1) is 19.6. The number of non-ortho nitro benzene ring substituents is 1. The number of nitro groups is 1. The van der Waals surface area contributed by atoms with Gasteiger partial charge in [-0.3, -0.25) is 19.7 Å². The molecule has 0 radical (unpaired) electrons. The summed E-state index contributed by atoms with van der Waals surface area (Å²) in [5.41, 5.74) is 1.48. The fraction of sp³-hybridized carbons (Fsp3) is 0.150. The molecule has 0 saturated carbocycles. The van der Waals surface area contributed by atoms with Crippen molar-refractivity contribution in [2.24, 2.45) is 0 Å². The van der Waals surface area contributed by atoms with Gasteiger partial charge in [-0.1, -0.05) is 17.7 Å². The summed E-state index contributed by atoms with van der Waals surface area (Å²) in [6.45, 7) is 0.255. The summed E-state index contributed by atoms with van der Waals surface area (Å²) in [7, 11) is 0. The van der Waals surface area contributed by atoms with E-state index in [1.165, 1.54) is 18.3 Å². The normalized spacial score (nSPS) is 15.2. The van der Waals surface area contributed by atoms with Gasteiger partial charge in [-0.15, -0.1) is 0 Å². The Kier molecular flexibility index (Phi) is 5.20. The maximum Gasteiger partial charge on any atom is 0.269 e. The molecule has 1 atom stereocenters. The standard InChI is InChI=1S/C20H16ClN5O4/c21-13-2-1-3-14(8-13)24-18(27)9-16-10-23-20(28)17-11-22-19(25(16)17)12-4-6-15(7-5-12)26(29)30/h1-8,11,16H,9-10H2,(H,23,28)(H,24,27). The maximum atomic E-state index is 12.6. The molecular weight excluding hydrogens is 410 g/mol. The molecule has 4 rings (SSSR count). The summed E-state index contributed by atoms with van der Waals surface area (Å²) in [6, 6.07) is 12.4. The number of fused-ring (bicyclic) bond motifs is 1. The van der Waals surface area contributed by atoms with Gasteiger partial charge in [0, 0.05) is 41.4 Å². The van der Waals surface area contributed by atoms with Crippen LogP contribution in [-0.2, 0) is 4.79 Å². The lowest BCUT2D eigenvalue weighted by Crippen LogP contribution is -2.40. The Morgan fingerprint density at radius 2 is 2.07 bits per heavy atom. The average molecular weight is 426 g/mol. The van der Waals surface area contributed by atoms with Crippen LogP contribution in [0.5, 0.6) is 0 Å². The molecule has 1 aliphatic heterocycles. The van der Waals surface area contributed by atoms with Crippen LogP contribution in [0.15, 0.2) is 54.7 Å². The number of halogens is 1. The molecule has 1 aromatic heterocycles. The number of hydrogen-bond acceptors (Lipinski definition) is 5. The first-order valence-electron chi connectivity index (χ1n) is 9.08. The molecule has 2 amide bonds. The molecule has 10 heteroatoms. The fourth-order valence-corrected chi connectivity index (χ4v) is 3.58. The molecule has 0 fully saturated rings. The molecule has 0 aliphatic carbocycles. The number of nitrogens with zero attached hydrogens (tertiary/aromatic N) is 3. The van der Waals surface area contributed by atoms with Crippen molar-refractivity contribution in [3.8, 4) is 11.4 Å². The molecule has 0 spiro atoms. The number of nitro benzene ring substituents is 1. The molecule has 152 valence electrons. The van der Waals surface area contributed by atoms with Crippen molar-refractivity contribution in [1.29, 1.82) is 0 Å². The molecule has 2 N–H and O–H groups in total. The Labute approximate surface area is 175 Å². The van der Waals surface area contributed by atoms with E-state index in [1.807, 2.05) is 0 Å². The Morgan fingerprint density at radius 1 is 1.30 bits per heavy atom. The summed E-state index contributed by atoms with van der Waals surface area (Å²) in [6.07, 6.45) is 1.53. The highest BCUT2D eigenvalue weighted by Crippen LogP contribution is 2.29. The first-order chi connectivity index (χ1) is 14.4. The van der Waals surface area contributed by atoms with E-state index in [0.29, 0.717) is 27.8 Å². The van der Waals surface area contributed by atoms with Gasteiger partial charge in [-0.2, -0.15) is 0 Å². The van der Waals surface area contributed by atoms with Gasteiger partial charge in [0.15, 0.2) is 0 Å². The zero-order valence-electron chi connectivity index (χ0n) is 15.5. The molecule has 3 aromatic rings. The summed E-state index contributed by atoms with van der Waals surface area (Å²) in [5, 5.41) is 17.0. The van der Waals surface area contributed by atoms with Gasteiger partial charge in [0.25, 0.3) is 11.6 Å². The lowest BCUT2D eigenvalue weighted by Gasteiger charge is -2.27. The minimum absolute atomic E-state index is 0.0423. The minimum Gasteiger partial charge on any atom is -0.349 e. The maximum absolute atomic E-state index is 12.6. The van der Waals surface area contributed by atoms with Crippen molar-refractivity contribution in [1.82, 2.24) is 14.9 Å². The van der Waals surface area contributed by atoms with Crippen LogP contribution in [-0.4, -0.2) is 32.8 Å². The van der Waals surface area contributed by atoms with Gasteiger partial charge in [-0.25, -0.2) is 4.98 Å². The lowest BCUT2D eigenvalue weighted by molar-refractivity contribution is -0.384. The molecule has 2 aromatic carbocycles. The Balaban J connectivity index is 1.61. The number of aromatic nitrogens is 2. The van der Waals surface area contributed by atoms with Crippen LogP contribution in [0.3, 0.4) is 0 Å². The Hall–Kier alpha value is -3.72. The van der Waals surface area contributed by atoms with Gasteiger partial charge < -0.3 is 15.2 Å². The molecule has 1 unspecified atom stereocenters. The van der Waals surface area contributed by atoms with E-state index in [2.05, 4.69) is 15.6 Å². The van der Waals surface area contributed by atoms with Crippen molar-refractivity contribution in [3.05, 3.63) is 75.6 Å². The number of carbonyl (C=O) groups is 2. The van der Waals surface area contributed by atoms with Crippen LogP contribution in [0.25, 0.3) is 11.4 Å². The van der Waals surface area contributed by atoms with E-state index >= 15 is 0 Å². The Bertz CT molecular complexity index is 1140. The monoisotopic (exact) mass is 425 g/mol. The summed E-state index contributed by atoms with van der Waals surface area (Å²) in [4.78, 5) is 39.6.